The number of piperidine rings is 1. The Morgan fingerprint density at radius 1 is 1.29 bits per heavy atom. The molecule has 0 spiro atoms. The second kappa shape index (κ2) is 5.97. The molecule has 6 heteroatoms. The van der Waals surface area contributed by atoms with E-state index in [9.17, 15) is 9.59 Å². The van der Waals surface area contributed by atoms with Crippen LogP contribution in [0.25, 0.3) is 0 Å². The Morgan fingerprint density at radius 2 is 2.10 bits per heavy atom. The van der Waals surface area contributed by atoms with E-state index >= 15 is 0 Å². The van der Waals surface area contributed by atoms with E-state index in [4.69, 9.17) is 0 Å². The summed E-state index contributed by atoms with van der Waals surface area (Å²) in [7, 11) is 1.91. The van der Waals surface area contributed by atoms with Gasteiger partial charge in [0.2, 0.25) is 5.91 Å². The van der Waals surface area contributed by atoms with Gasteiger partial charge < -0.3 is 9.80 Å². The van der Waals surface area contributed by atoms with E-state index in [2.05, 4.69) is 10.00 Å². The fourth-order valence-corrected chi connectivity index (χ4v) is 3.28. The minimum absolute atomic E-state index is 0.0337. The first-order valence-electron chi connectivity index (χ1n) is 7.63. The van der Waals surface area contributed by atoms with Gasteiger partial charge >= 0.3 is 0 Å². The number of hydrogen-bond acceptors (Lipinski definition) is 4. The highest BCUT2D eigenvalue weighted by Gasteiger charge is 2.32. The van der Waals surface area contributed by atoms with Crippen LogP contribution in [0.1, 0.15) is 19.3 Å². The molecule has 0 saturated carbocycles. The molecule has 1 unspecified atom stereocenters. The van der Waals surface area contributed by atoms with E-state index in [1.54, 1.807) is 18.3 Å². The molecule has 1 aromatic heterocycles. The maximum Gasteiger partial charge on any atom is 0.266 e. The highest BCUT2D eigenvalue weighted by atomic mass is 16.2. The van der Waals surface area contributed by atoms with Crippen molar-refractivity contribution in [3.05, 3.63) is 28.7 Å². The van der Waals surface area contributed by atoms with E-state index in [0.29, 0.717) is 24.9 Å². The molecule has 0 aliphatic carbocycles. The third-order valence-electron chi connectivity index (χ3n) is 4.59. The van der Waals surface area contributed by atoms with Crippen LogP contribution >= 0.6 is 0 Å². The Bertz CT molecular complexity index is 565. The molecule has 0 radical (unpaired) electrons. The van der Waals surface area contributed by atoms with Gasteiger partial charge in [-0.05, 0) is 18.9 Å². The van der Waals surface area contributed by atoms with Crippen LogP contribution in [0.5, 0.6) is 0 Å². The molecular formula is C15H22N4O2. The summed E-state index contributed by atoms with van der Waals surface area (Å²) in [6, 6.07) is 3.57. The zero-order chi connectivity index (χ0) is 14.8. The van der Waals surface area contributed by atoms with Crippen molar-refractivity contribution >= 4 is 5.91 Å². The van der Waals surface area contributed by atoms with Gasteiger partial charge in [0.1, 0.15) is 0 Å². The number of nitrogens with zero attached hydrogens (tertiary/aromatic N) is 4. The van der Waals surface area contributed by atoms with E-state index in [1.165, 1.54) is 4.68 Å². The van der Waals surface area contributed by atoms with Crippen molar-refractivity contribution < 1.29 is 4.79 Å². The Morgan fingerprint density at radius 3 is 2.86 bits per heavy atom. The number of likely N-dealkylation sites (N-methyl/N-ethyl adjacent to an activating group) is 1. The molecule has 2 fully saturated rings. The average molecular weight is 290 g/mol. The van der Waals surface area contributed by atoms with Crippen molar-refractivity contribution in [2.75, 3.05) is 26.7 Å². The summed E-state index contributed by atoms with van der Waals surface area (Å²) >= 11 is 0. The van der Waals surface area contributed by atoms with Crippen molar-refractivity contribution in [2.45, 2.75) is 31.8 Å². The molecule has 21 heavy (non-hydrogen) atoms. The molecule has 114 valence electrons. The largest absolute Gasteiger partial charge is 0.341 e. The highest BCUT2D eigenvalue weighted by Crippen LogP contribution is 2.22. The first-order chi connectivity index (χ1) is 10.1. The van der Waals surface area contributed by atoms with Crippen LogP contribution in [0.2, 0.25) is 0 Å². The Kier molecular flexibility index (Phi) is 4.05. The number of carbonyl (C=O) groups is 1. The van der Waals surface area contributed by atoms with Gasteiger partial charge in [0.05, 0.1) is 6.54 Å². The maximum atomic E-state index is 11.7. The van der Waals surface area contributed by atoms with E-state index in [1.807, 2.05) is 11.9 Å². The van der Waals surface area contributed by atoms with Crippen LogP contribution in [0.3, 0.4) is 0 Å². The van der Waals surface area contributed by atoms with Crippen LogP contribution in [0.4, 0.5) is 0 Å². The topological polar surface area (TPSA) is 58.4 Å². The molecular weight excluding hydrogens is 268 g/mol. The lowest BCUT2D eigenvalue weighted by Gasteiger charge is -2.43. The lowest BCUT2D eigenvalue weighted by Crippen LogP contribution is -2.55. The quantitative estimate of drug-likeness (QED) is 0.794. The van der Waals surface area contributed by atoms with Crippen LogP contribution < -0.4 is 5.56 Å². The molecule has 3 heterocycles. The molecule has 1 atom stereocenters. The number of likely N-dealkylation sites (tertiary alicyclic amines) is 2. The van der Waals surface area contributed by atoms with Gasteiger partial charge in [0.15, 0.2) is 0 Å². The zero-order valence-electron chi connectivity index (χ0n) is 12.4. The summed E-state index contributed by atoms with van der Waals surface area (Å²) in [5.74, 6) is 0.755. The number of hydrogen-bond donors (Lipinski definition) is 0. The summed E-state index contributed by atoms with van der Waals surface area (Å²) in [6.45, 7) is 3.62. The van der Waals surface area contributed by atoms with Crippen LogP contribution in [-0.2, 0) is 11.3 Å². The van der Waals surface area contributed by atoms with Crippen molar-refractivity contribution in [3.8, 4) is 0 Å². The first kappa shape index (κ1) is 14.3. The molecule has 2 aliphatic heterocycles. The smallest absolute Gasteiger partial charge is 0.266 e. The number of rotatable bonds is 4. The number of carbonyl (C=O) groups excluding carboxylic acids is 1. The number of aromatic nitrogens is 2. The number of amides is 1. The second-order valence-electron chi connectivity index (χ2n) is 6.18. The van der Waals surface area contributed by atoms with Gasteiger partial charge in [-0.3, -0.25) is 9.59 Å². The summed E-state index contributed by atoms with van der Waals surface area (Å²) in [6.07, 6.45) is 4.45. The van der Waals surface area contributed by atoms with Crippen molar-refractivity contribution in [1.82, 2.24) is 19.6 Å². The highest BCUT2D eigenvalue weighted by molar-refractivity contribution is 5.76. The minimum atomic E-state index is -0.0337. The molecule has 2 aliphatic rings. The summed E-state index contributed by atoms with van der Waals surface area (Å²) in [5.41, 5.74) is -0.0337. The Hall–Kier alpha value is -1.69. The predicted octanol–water partition coefficient (Wildman–Crippen LogP) is 0.186. The second-order valence-corrected chi connectivity index (χ2v) is 6.18. The van der Waals surface area contributed by atoms with Gasteiger partial charge in [-0.1, -0.05) is 0 Å². The SMILES string of the molecule is CN1C(=O)CCCC1CN1CC(Cn2ncccc2=O)C1. The molecule has 1 amide bonds. The maximum absolute atomic E-state index is 11.7. The van der Waals surface area contributed by atoms with Gasteiger partial charge in [-0.2, -0.15) is 5.10 Å². The first-order valence-corrected chi connectivity index (χ1v) is 7.63. The van der Waals surface area contributed by atoms with Gasteiger partial charge in [0, 0.05) is 57.3 Å². The third-order valence-corrected chi connectivity index (χ3v) is 4.59. The predicted molar refractivity (Wildman–Crippen MR) is 78.8 cm³/mol. The molecule has 2 saturated heterocycles. The van der Waals surface area contributed by atoms with Crippen LogP contribution in [0, 0.1) is 5.92 Å². The van der Waals surface area contributed by atoms with Crippen LogP contribution in [-0.4, -0.2) is 58.2 Å². The molecule has 0 aromatic carbocycles. The summed E-state index contributed by atoms with van der Waals surface area (Å²) < 4.78 is 1.54. The third kappa shape index (κ3) is 3.15. The molecule has 3 rings (SSSR count). The molecule has 0 bridgehead atoms. The van der Waals surface area contributed by atoms with Crippen LogP contribution in [0.15, 0.2) is 23.1 Å². The Balaban J connectivity index is 1.47. The van der Waals surface area contributed by atoms with Crippen molar-refractivity contribution in [2.24, 2.45) is 5.92 Å². The molecule has 6 nitrogen and oxygen atoms in total. The zero-order valence-corrected chi connectivity index (χ0v) is 12.4. The van der Waals surface area contributed by atoms with Crippen molar-refractivity contribution in [1.29, 1.82) is 0 Å². The fraction of sp³-hybridized carbons (Fsp3) is 0.667. The van der Waals surface area contributed by atoms with Gasteiger partial charge in [-0.25, -0.2) is 4.68 Å². The average Bonchev–Trinajstić information content (AvgIpc) is 2.43. The van der Waals surface area contributed by atoms with Crippen molar-refractivity contribution in [3.63, 3.8) is 0 Å². The fourth-order valence-electron chi connectivity index (χ4n) is 3.28. The molecule has 0 N–H and O–H groups in total. The van der Waals surface area contributed by atoms with Gasteiger partial charge in [0.25, 0.3) is 5.56 Å². The Labute approximate surface area is 124 Å². The monoisotopic (exact) mass is 290 g/mol. The lowest BCUT2D eigenvalue weighted by molar-refractivity contribution is -0.135. The van der Waals surface area contributed by atoms with E-state index in [0.717, 1.165) is 32.5 Å². The van der Waals surface area contributed by atoms with E-state index in [-0.39, 0.29) is 11.5 Å². The molecule has 1 aromatic rings. The van der Waals surface area contributed by atoms with Gasteiger partial charge in [-0.15, -0.1) is 0 Å². The van der Waals surface area contributed by atoms with E-state index < -0.39 is 0 Å². The lowest BCUT2D eigenvalue weighted by atomic mass is 9.96. The normalized spacial score (nSPS) is 24.1. The summed E-state index contributed by atoms with van der Waals surface area (Å²) in [4.78, 5) is 27.6. The minimum Gasteiger partial charge on any atom is -0.341 e. The standard InChI is InChI=1S/C15H22N4O2/c1-17-13(4-2-5-14(17)20)11-18-8-12(9-18)10-19-15(21)6-3-7-16-19/h3,6-7,12-13H,2,4-5,8-11H2,1H3. The summed E-state index contributed by atoms with van der Waals surface area (Å²) in [5, 5.41) is 4.10.